The summed E-state index contributed by atoms with van der Waals surface area (Å²) in [6.07, 6.45) is -0.681. The standard InChI is InChI=1S/C11H15N3O5/c1-5-9(6(2)14(3)13-5)10(17)12-7(11(18)19)4-8(15)16/h7H,4H2,1-3H3,(H,12,17)(H,15,16)(H,18,19). The zero-order valence-corrected chi connectivity index (χ0v) is 10.8. The van der Waals surface area contributed by atoms with Gasteiger partial charge in [0.1, 0.15) is 6.04 Å². The number of carboxylic acids is 2. The number of aromatic nitrogens is 2. The summed E-state index contributed by atoms with van der Waals surface area (Å²) < 4.78 is 1.50. The molecule has 1 rings (SSSR count). The van der Waals surface area contributed by atoms with E-state index in [-0.39, 0.29) is 5.56 Å². The molecule has 19 heavy (non-hydrogen) atoms. The number of nitrogens with zero attached hydrogens (tertiary/aromatic N) is 2. The van der Waals surface area contributed by atoms with Crippen molar-refractivity contribution < 1.29 is 24.6 Å². The second kappa shape index (κ2) is 5.51. The first-order chi connectivity index (χ1) is 8.73. The molecule has 8 nitrogen and oxygen atoms in total. The Labute approximate surface area is 109 Å². The molecule has 104 valence electrons. The number of hydrogen-bond donors (Lipinski definition) is 3. The summed E-state index contributed by atoms with van der Waals surface area (Å²) >= 11 is 0. The minimum Gasteiger partial charge on any atom is -0.481 e. The second-order valence-electron chi connectivity index (χ2n) is 4.13. The van der Waals surface area contributed by atoms with Gasteiger partial charge in [0.2, 0.25) is 0 Å². The van der Waals surface area contributed by atoms with E-state index >= 15 is 0 Å². The first-order valence-corrected chi connectivity index (χ1v) is 5.49. The predicted molar refractivity (Wildman–Crippen MR) is 63.8 cm³/mol. The van der Waals surface area contributed by atoms with Crippen molar-refractivity contribution in [2.45, 2.75) is 26.3 Å². The maximum absolute atomic E-state index is 12.0. The molecule has 0 aliphatic carbocycles. The van der Waals surface area contributed by atoms with E-state index in [1.54, 1.807) is 20.9 Å². The quantitative estimate of drug-likeness (QED) is 0.674. The summed E-state index contributed by atoms with van der Waals surface area (Å²) in [6, 6.07) is -1.47. The summed E-state index contributed by atoms with van der Waals surface area (Å²) in [5.41, 5.74) is 1.30. The van der Waals surface area contributed by atoms with E-state index in [1.165, 1.54) is 4.68 Å². The van der Waals surface area contributed by atoms with E-state index in [2.05, 4.69) is 10.4 Å². The third kappa shape index (κ3) is 3.30. The van der Waals surface area contributed by atoms with Gasteiger partial charge in [0, 0.05) is 12.7 Å². The van der Waals surface area contributed by atoms with Crippen LogP contribution in [-0.2, 0) is 16.6 Å². The molecule has 0 aromatic carbocycles. The smallest absolute Gasteiger partial charge is 0.326 e. The van der Waals surface area contributed by atoms with Crippen LogP contribution in [0.2, 0.25) is 0 Å². The van der Waals surface area contributed by atoms with Crippen molar-refractivity contribution in [2.24, 2.45) is 7.05 Å². The molecule has 1 aromatic rings. The Kier molecular flexibility index (Phi) is 4.26. The van der Waals surface area contributed by atoms with Crippen LogP contribution in [-0.4, -0.2) is 43.9 Å². The van der Waals surface area contributed by atoms with Crippen molar-refractivity contribution in [1.29, 1.82) is 0 Å². The van der Waals surface area contributed by atoms with Gasteiger partial charge in [-0.15, -0.1) is 0 Å². The third-order valence-corrected chi connectivity index (χ3v) is 2.72. The molecular weight excluding hydrogens is 254 g/mol. The number of aryl methyl sites for hydroxylation is 2. The number of hydrogen-bond acceptors (Lipinski definition) is 4. The van der Waals surface area contributed by atoms with Gasteiger partial charge in [-0.2, -0.15) is 5.10 Å². The lowest BCUT2D eigenvalue weighted by Crippen LogP contribution is -2.42. The van der Waals surface area contributed by atoms with E-state index in [1.807, 2.05) is 0 Å². The van der Waals surface area contributed by atoms with Crippen molar-refractivity contribution >= 4 is 17.8 Å². The van der Waals surface area contributed by atoms with E-state index in [9.17, 15) is 14.4 Å². The molecule has 1 heterocycles. The molecule has 1 amide bonds. The highest BCUT2D eigenvalue weighted by Crippen LogP contribution is 2.12. The summed E-state index contributed by atoms with van der Waals surface area (Å²) in [6.45, 7) is 3.29. The molecule has 0 bridgehead atoms. The van der Waals surface area contributed by atoms with Gasteiger partial charge in [0.05, 0.1) is 17.7 Å². The number of aliphatic carboxylic acids is 2. The average Bonchev–Trinajstić information content (AvgIpc) is 2.51. The van der Waals surface area contributed by atoms with Crippen molar-refractivity contribution in [2.75, 3.05) is 0 Å². The van der Waals surface area contributed by atoms with Crippen LogP contribution < -0.4 is 5.32 Å². The normalized spacial score (nSPS) is 11.9. The van der Waals surface area contributed by atoms with Gasteiger partial charge >= 0.3 is 11.9 Å². The lowest BCUT2D eigenvalue weighted by Gasteiger charge is -2.12. The lowest BCUT2D eigenvalue weighted by molar-refractivity contribution is -0.145. The molecule has 3 N–H and O–H groups in total. The van der Waals surface area contributed by atoms with Crippen LogP contribution in [0.25, 0.3) is 0 Å². The zero-order chi connectivity index (χ0) is 14.7. The van der Waals surface area contributed by atoms with E-state index < -0.39 is 30.3 Å². The van der Waals surface area contributed by atoms with Crippen molar-refractivity contribution in [3.8, 4) is 0 Å². The molecule has 1 unspecified atom stereocenters. The van der Waals surface area contributed by atoms with E-state index in [0.29, 0.717) is 11.4 Å². The minimum absolute atomic E-state index is 0.263. The third-order valence-electron chi connectivity index (χ3n) is 2.72. The number of carbonyl (C=O) groups excluding carboxylic acids is 1. The summed E-state index contributed by atoms with van der Waals surface area (Å²) in [7, 11) is 1.66. The highest BCUT2D eigenvalue weighted by Gasteiger charge is 2.26. The first kappa shape index (κ1) is 14.7. The second-order valence-corrected chi connectivity index (χ2v) is 4.13. The summed E-state index contributed by atoms with van der Waals surface area (Å²) in [4.78, 5) is 33.4. The van der Waals surface area contributed by atoms with Crippen LogP contribution in [0.4, 0.5) is 0 Å². The van der Waals surface area contributed by atoms with Crippen molar-refractivity contribution in [3.05, 3.63) is 17.0 Å². The Morgan fingerprint density at radius 2 is 1.89 bits per heavy atom. The molecule has 0 saturated carbocycles. The Hall–Kier alpha value is -2.38. The fourth-order valence-corrected chi connectivity index (χ4v) is 1.71. The van der Waals surface area contributed by atoms with Crippen LogP contribution >= 0.6 is 0 Å². The molecule has 0 radical (unpaired) electrons. The predicted octanol–water partition coefficient (Wildman–Crippen LogP) is -0.305. The van der Waals surface area contributed by atoms with Crippen LogP contribution in [0.5, 0.6) is 0 Å². The van der Waals surface area contributed by atoms with Gasteiger partial charge in [-0.3, -0.25) is 14.3 Å². The fraction of sp³-hybridized carbons (Fsp3) is 0.455. The Morgan fingerprint density at radius 3 is 2.26 bits per heavy atom. The van der Waals surface area contributed by atoms with Gasteiger partial charge in [-0.25, -0.2) is 4.79 Å². The minimum atomic E-state index is -1.47. The number of amides is 1. The molecule has 0 spiro atoms. The molecule has 1 aromatic heterocycles. The van der Waals surface area contributed by atoms with Crippen molar-refractivity contribution in [1.82, 2.24) is 15.1 Å². The molecule has 0 fully saturated rings. The topological polar surface area (TPSA) is 122 Å². The van der Waals surface area contributed by atoms with Crippen molar-refractivity contribution in [3.63, 3.8) is 0 Å². The van der Waals surface area contributed by atoms with Crippen LogP contribution in [0.1, 0.15) is 28.2 Å². The SMILES string of the molecule is Cc1nn(C)c(C)c1C(=O)NC(CC(=O)O)C(=O)O. The largest absolute Gasteiger partial charge is 0.481 e. The molecule has 8 heteroatoms. The monoisotopic (exact) mass is 269 g/mol. The van der Waals surface area contributed by atoms with Crippen LogP contribution in [0, 0.1) is 13.8 Å². The molecule has 0 saturated heterocycles. The van der Waals surface area contributed by atoms with Gasteiger partial charge in [0.15, 0.2) is 0 Å². The molecular formula is C11H15N3O5. The highest BCUT2D eigenvalue weighted by molar-refractivity contribution is 5.99. The first-order valence-electron chi connectivity index (χ1n) is 5.49. The number of rotatable bonds is 5. The summed E-state index contributed by atoms with van der Waals surface area (Å²) in [5.74, 6) is -3.33. The highest BCUT2D eigenvalue weighted by atomic mass is 16.4. The maximum Gasteiger partial charge on any atom is 0.326 e. The number of nitrogens with one attached hydrogen (secondary N) is 1. The van der Waals surface area contributed by atoms with E-state index in [0.717, 1.165) is 0 Å². The summed E-state index contributed by atoms with van der Waals surface area (Å²) in [5, 5.41) is 23.7. The van der Waals surface area contributed by atoms with Gasteiger partial charge in [-0.05, 0) is 13.8 Å². The Balaban J connectivity index is 2.94. The molecule has 1 atom stereocenters. The fourth-order valence-electron chi connectivity index (χ4n) is 1.71. The van der Waals surface area contributed by atoms with Crippen LogP contribution in [0.3, 0.4) is 0 Å². The lowest BCUT2D eigenvalue weighted by atomic mass is 10.1. The van der Waals surface area contributed by atoms with E-state index in [4.69, 9.17) is 10.2 Å². The number of carboxylic acid groups (broad SMARTS) is 2. The van der Waals surface area contributed by atoms with Crippen LogP contribution in [0.15, 0.2) is 0 Å². The maximum atomic E-state index is 12.0. The zero-order valence-electron chi connectivity index (χ0n) is 10.8. The number of carbonyl (C=O) groups is 3. The molecule has 0 aliphatic rings. The molecule has 0 aliphatic heterocycles. The van der Waals surface area contributed by atoms with Gasteiger partial charge in [-0.1, -0.05) is 0 Å². The van der Waals surface area contributed by atoms with Gasteiger partial charge < -0.3 is 15.5 Å². The van der Waals surface area contributed by atoms with Gasteiger partial charge in [0.25, 0.3) is 5.91 Å². The Bertz CT molecular complexity index is 535. The average molecular weight is 269 g/mol. The Morgan fingerprint density at radius 1 is 1.32 bits per heavy atom.